The van der Waals surface area contributed by atoms with Gasteiger partial charge < -0.3 is 15.3 Å². The lowest BCUT2D eigenvalue weighted by atomic mass is 9.75. The molecule has 6 heteroatoms. The Labute approximate surface area is 137 Å². The second-order valence-electron chi connectivity index (χ2n) is 7.03. The van der Waals surface area contributed by atoms with Crippen LogP contribution in [0.25, 0.3) is 0 Å². The maximum absolute atomic E-state index is 12.4. The van der Waals surface area contributed by atoms with Gasteiger partial charge in [-0.1, -0.05) is 6.42 Å². The summed E-state index contributed by atoms with van der Waals surface area (Å²) in [6, 6.07) is -0.0269. The summed E-state index contributed by atoms with van der Waals surface area (Å²) in [7, 11) is 1.88. The second kappa shape index (κ2) is 7.45. The fraction of sp³-hybridized carbons (Fsp3) is 0.765. The van der Waals surface area contributed by atoms with Gasteiger partial charge in [0.1, 0.15) is 0 Å². The Morgan fingerprint density at radius 2 is 2.13 bits per heavy atom. The molecule has 2 heterocycles. The SMILES string of the molecule is Cn1cc([C@H](NC(=O)CCN2CCCCC2)C2CC(O)C2)cn1. The monoisotopic (exact) mass is 320 g/mol. The molecule has 0 spiro atoms. The molecule has 1 aliphatic heterocycles. The number of aliphatic hydroxyl groups is 1. The standard InChI is InChI=1S/C17H28N4O2/c1-20-12-14(11-18-20)17(13-9-15(22)10-13)19-16(23)5-8-21-6-3-2-4-7-21/h11-13,15,17,22H,2-10H2,1H3,(H,19,23)/t13?,15?,17-/m1/s1. The molecule has 23 heavy (non-hydrogen) atoms. The number of hydrogen-bond donors (Lipinski definition) is 2. The van der Waals surface area contributed by atoms with Gasteiger partial charge in [-0.25, -0.2) is 0 Å². The maximum atomic E-state index is 12.4. The van der Waals surface area contributed by atoms with Crippen LogP contribution in [0, 0.1) is 5.92 Å². The minimum atomic E-state index is -0.218. The fourth-order valence-electron chi connectivity index (χ4n) is 3.66. The van der Waals surface area contributed by atoms with Crippen molar-refractivity contribution in [3.8, 4) is 0 Å². The summed E-state index contributed by atoms with van der Waals surface area (Å²) in [6.45, 7) is 3.08. The van der Waals surface area contributed by atoms with E-state index in [0.29, 0.717) is 12.3 Å². The summed E-state index contributed by atoms with van der Waals surface area (Å²) in [5.74, 6) is 0.416. The van der Waals surface area contributed by atoms with E-state index in [1.165, 1.54) is 19.3 Å². The van der Waals surface area contributed by atoms with Crippen LogP contribution >= 0.6 is 0 Å². The Balaban J connectivity index is 1.53. The Morgan fingerprint density at radius 1 is 1.39 bits per heavy atom. The van der Waals surface area contributed by atoms with Gasteiger partial charge in [0.2, 0.25) is 5.91 Å². The highest BCUT2D eigenvalue weighted by Gasteiger charge is 2.36. The Bertz CT molecular complexity index is 518. The van der Waals surface area contributed by atoms with Crippen LogP contribution in [0.2, 0.25) is 0 Å². The highest BCUT2D eigenvalue weighted by molar-refractivity contribution is 5.76. The van der Waals surface area contributed by atoms with Crippen molar-refractivity contribution in [2.75, 3.05) is 19.6 Å². The zero-order valence-electron chi connectivity index (χ0n) is 13.9. The van der Waals surface area contributed by atoms with Crippen molar-refractivity contribution in [3.05, 3.63) is 18.0 Å². The van der Waals surface area contributed by atoms with Crippen LogP contribution in [0.5, 0.6) is 0 Å². The molecule has 1 aromatic heterocycles. The molecule has 1 saturated carbocycles. The molecule has 0 aromatic carbocycles. The summed E-state index contributed by atoms with van der Waals surface area (Å²) in [6.07, 6.45) is 9.43. The lowest BCUT2D eigenvalue weighted by Crippen LogP contribution is -2.42. The summed E-state index contributed by atoms with van der Waals surface area (Å²) < 4.78 is 1.76. The van der Waals surface area contributed by atoms with Gasteiger partial charge in [-0.2, -0.15) is 5.10 Å². The molecule has 1 saturated heterocycles. The quantitative estimate of drug-likeness (QED) is 0.827. The minimum Gasteiger partial charge on any atom is -0.393 e. The molecule has 2 fully saturated rings. The van der Waals surface area contributed by atoms with Crippen LogP contribution in [0.1, 0.15) is 50.1 Å². The van der Waals surface area contributed by atoms with Crippen LogP contribution in [-0.4, -0.2) is 51.4 Å². The van der Waals surface area contributed by atoms with E-state index in [1.807, 2.05) is 19.4 Å². The Kier molecular flexibility index (Phi) is 5.33. The molecule has 0 unspecified atom stereocenters. The molecule has 2 N–H and O–H groups in total. The van der Waals surface area contributed by atoms with E-state index in [4.69, 9.17) is 0 Å². The molecule has 6 nitrogen and oxygen atoms in total. The van der Waals surface area contributed by atoms with Crippen molar-refractivity contribution >= 4 is 5.91 Å². The normalized spacial score (nSPS) is 26.5. The van der Waals surface area contributed by atoms with Gasteiger partial charge in [0.05, 0.1) is 18.3 Å². The van der Waals surface area contributed by atoms with E-state index >= 15 is 0 Å². The molecule has 2 aliphatic rings. The topological polar surface area (TPSA) is 70.4 Å². The van der Waals surface area contributed by atoms with E-state index < -0.39 is 0 Å². The summed E-state index contributed by atoms with van der Waals surface area (Å²) >= 11 is 0. The Hall–Kier alpha value is -1.40. The van der Waals surface area contributed by atoms with E-state index in [-0.39, 0.29) is 18.1 Å². The van der Waals surface area contributed by atoms with Crippen molar-refractivity contribution in [2.45, 2.75) is 50.7 Å². The number of aromatic nitrogens is 2. The van der Waals surface area contributed by atoms with E-state index in [9.17, 15) is 9.90 Å². The molecule has 1 aliphatic carbocycles. The number of carbonyl (C=O) groups excluding carboxylic acids is 1. The number of amides is 1. The first-order valence-electron chi connectivity index (χ1n) is 8.80. The molecular formula is C17H28N4O2. The molecule has 1 amide bonds. The average Bonchev–Trinajstić information content (AvgIpc) is 2.95. The molecule has 1 aromatic rings. The van der Waals surface area contributed by atoms with Crippen molar-refractivity contribution < 1.29 is 9.90 Å². The van der Waals surface area contributed by atoms with Crippen molar-refractivity contribution in [1.29, 1.82) is 0 Å². The number of piperidine rings is 1. The zero-order valence-corrected chi connectivity index (χ0v) is 13.9. The van der Waals surface area contributed by atoms with Gasteiger partial charge in [-0.3, -0.25) is 9.48 Å². The third-order valence-corrected chi connectivity index (χ3v) is 5.13. The van der Waals surface area contributed by atoms with Crippen LogP contribution < -0.4 is 5.32 Å². The molecule has 3 rings (SSSR count). The summed E-state index contributed by atoms with van der Waals surface area (Å²) in [5.41, 5.74) is 1.04. The maximum Gasteiger partial charge on any atom is 0.221 e. The lowest BCUT2D eigenvalue weighted by Gasteiger charge is -2.37. The van der Waals surface area contributed by atoms with Gasteiger partial charge in [-0.05, 0) is 44.7 Å². The summed E-state index contributed by atoms with van der Waals surface area (Å²) in [5, 5.41) is 17.0. The molecule has 0 bridgehead atoms. The molecular weight excluding hydrogens is 292 g/mol. The second-order valence-corrected chi connectivity index (χ2v) is 7.03. The van der Waals surface area contributed by atoms with Crippen LogP contribution in [0.3, 0.4) is 0 Å². The summed E-state index contributed by atoms with van der Waals surface area (Å²) in [4.78, 5) is 14.8. The lowest BCUT2D eigenvalue weighted by molar-refractivity contribution is -0.123. The van der Waals surface area contributed by atoms with E-state index in [2.05, 4.69) is 15.3 Å². The number of hydrogen-bond acceptors (Lipinski definition) is 4. The Morgan fingerprint density at radius 3 is 2.74 bits per heavy atom. The third-order valence-electron chi connectivity index (χ3n) is 5.13. The van der Waals surface area contributed by atoms with Crippen LogP contribution in [0.4, 0.5) is 0 Å². The fourth-order valence-corrected chi connectivity index (χ4v) is 3.66. The highest BCUT2D eigenvalue weighted by Crippen LogP contribution is 2.37. The number of carbonyl (C=O) groups is 1. The molecule has 1 atom stereocenters. The van der Waals surface area contributed by atoms with Gasteiger partial charge in [0, 0.05) is 31.8 Å². The van der Waals surface area contributed by atoms with E-state index in [1.54, 1.807) is 4.68 Å². The van der Waals surface area contributed by atoms with Gasteiger partial charge >= 0.3 is 0 Å². The number of aliphatic hydroxyl groups excluding tert-OH is 1. The van der Waals surface area contributed by atoms with Gasteiger partial charge in [-0.15, -0.1) is 0 Å². The van der Waals surface area contributed by atoms with Crippen molar-refractivity contribution in [3.63, 3.8) is 0 Å². The predicted molar refractivity (Wildman–Crippen MR) is 87.7 cm³/mol. The smallest absolute Gasteiger partial charge is 0.221 e. The number of likely N-dealkylation sites (tertiary alicyclic amines) is 1. The number of nitrogens with one attached hydrogen (secondary N) is 1. The molecule has 0 radical (unpaired) electrons. The highest BCUT2D eigenvalue weighted by atomic mass is 16.3. The van der Waals surface area contributed by atoms with Crippen molar-refractivity contribution in [2.24, 2.45) is 13.0 Å². The number of rotatable bonds is 6. The number of aryl methyl sites for hydroxylation is 1. The number of nitrogens with zero attached hydrogens (tertiary/aromatic N) is 3. The minimum absolute atomic E-state index is 0.0269. The first kappa shape index (κ1) is 16.5. The third kappa shape index (κ3) is 4.32. The van der Waals surface area contributed by atoms with Gasteiger partial charge in [0.15, 0.2) is 0 Å². The first-order chi connectivity index (χ1) is 11.1. The van der Waals surface area contributed by atoms with E-state index in [0.717, 1.165) is 38.0 Å². The predicted octanol–water partition coefficient (Wildman–Crippen LogP) is 1.22. The average molecular weight is 320 g/mol. The zero-order chi connectivity index (χ0) is 16.2. The molecule has 128 valence electrons. The van der Waals surface area contributed by atoms with Crippen LogP contribution in [0.15, 0.2) is 12.4 Å². The largest absolute Gasteiger partial charge is 0.393 e. The first-order valence-corrected chi connectivity index (χ1v) is 8.80. The van der Waals surface area contributed by atoms with Crippen LogP contribution in [-0.2, 0) is 11.8 Å². The van der Waals surface area contributed by atoms with Crippen molar-refractivity contribution in [1.82, 2.24) is 20.0 Å². The van der Waals surface area contributed by atoms with Gasteiger partial charge in [0.25, 0.3) is 0 Å².